The molecule has 0 bridgehead atoms. The summed E-state index contributed by atoms with van der Waals surface area (Å²) >= 11 is 1.52. The standard InChI is InChI=1S/C9H9N3OS/c13-8-10-3-4-12(8)9-11-7(5-14-9)6-1-2-6/h3-6H,1-2H2,(H,10,13). The average Bonchev–Trinajstić information content (AvgIpc) is 2.75. The van der Waals surface area contributed by atoms with Crippen LogP contribution in [0.1, 0.15) is 24.5 Å². The second kappa shape index (κ2) is 2.81. The molecule has 5 heteroatoms. The van der Waals surface area contributed by atoms with Crippen LogP contribution in [0.15, 0.2) is 22.6 Å². The van der Waals surface area contributed by atoms with Crippen LogP contribution >= 0.6 is 11.3 Å². The largest absolute Gasteiger partial charge is 0.331 e. The predicted molar refractivity (Wildman–Crippen MR) is 54.0 cm³/mol. The molecule has 0 aliphatic heterocycles. The number of hydrogen-bond acceptors (Lipinski definition) is 3. The summed E-state index contributed by atoms with van der Waals surface area (Å²) in [5, 5.41) is 2.81. The number of hydrogen-bond donors (Lipinski definition) is 1. The molecule has 1 saturated carbocycles. The van der Waals surface area contributed by atoms with E-state index in [0.717, 1.165) is 10.8 Å². The monoisotopic (exact) mass is 207 g/mol. The van der Waals surface area contributed by atoms with Gasteiger partial charge in [0.1, 0.15) is 0 Å². The van der Waals surface area contributed by atoms with Crippen LogP contribution < -0.4 is 5.69 Å². The fourth-order valence-corrected chi connectivity index (χ4v) is 2.31. The molecule has 0 unspecified atom stereocenters. The summed E-state index contributed by atoms with van der Waals surface area (Å²) in [7, 11) is 0. The predicted octanol–water partition coefficient (Wildman–Crippen LogP) is 1.50. The Morgan fingerprint density at radius 3 is 3.07 bits per heavy atom. The fourth-order valence-electron chi connectivity index (χ4n) is 1.42. The highest BCUT2D eigenvalue weighted by molar-refractivity contribution is 7.12. The van der Waals surface area contributed by atoms with Crippen LogP contribution in [0, 0.1) is 0 Å². The minimum Gasteiger partial charge on any atom is -0.312 e. The fraction of sp³-hybridized carbons (Fsp3) is 0.333. The maximum Gasteiger partial charge on any atom is 0.331 e. The summed E-state index contributed by atoms with van der Waals surface area (Å²) in [5.74, 6) is 0.648. The summed E-state index contributed by atoms with van der Waals surface area (Å²) in [6.07, 6.45) is 5.81. The molecule has 2 aromatic heterocycles. The van der Waals surface area contributed by atoms with Crippen LogP contribution in [0.3, 0.4) is 0 Å². The first kappa shape index (κ1) is 7.99. The molecule has 0 saturated heterocycles. The molecular formula is C9H9N3OS. The zero-order chi connectivity index (χ0) is 9.54. The van der Waals surface area contributed by atoms with Gasteiger partial charge in [-0.2, -0.15) is 0 Å². The molecule has 3 rings (SSSR count). The lowest BCUT2D eigenvalue weighted by atomic mass is 10.3. The first-order chi connectivity index (χ1) is 6.84. The van der Waals surface area contributed by atoms with Crippen molar-refractivity contribution in [3.05, 3.63) is 34.0 Å². The molecular weight excluding hydrogens is 198 g/mol. The van der Waals surface area contributed by atoms with Crippen molar-refractivity contribution >= 4 is 11.3 Å². The van der Waals surface area contributed by atoms with E-state index in [1.807, 2.05) is 5.38 Å². The SMILES string of the molecule is O=c1[nH]ccn1-c1nc(C2CC2)cs1. The zero-order valence-electron chi connectivity index (χ0n) is 7.43. The third-order valence-corrected chi connectivity index (χ3v) is 3.22. The van der Waals surface area contributed by atoms with E-state index < -0.39 is 0 Å². The van der Waals surface area contributed by atoms with Crippen molar-refractivity contribution in [3.63, 3.8) is 0 Å². The lowest BCUT2D eigenvalue weighted by molar-refractivity contribution is 0.941. The number of imidazole rings is 1. The van der Waals surface area contributed by atoms with E-state index in [9.17, 15) is 4.79 Å². The van der Waals surface area contributed by atoms with Crippen LogP contribution in [0.5, 0.6) is 0 Å². The average molecular weight is 207 g/mol. The van der Waals surface area contributed by atoms with Gasteiger partial charge in [0, 0.05) is 23.7 Å². The maximum atomic E-state index is 11.3. The van der Waals surface area contributed by atoms with Gasteiger partial charge in [0.2, 0.25) is 0 Å². The second-order valence-corrected chi connectivity index (χ2v) is 4.30. The highest BCUT2D eigenvalue weighted by Crippen LogP contribution is 2.40. The van der Waals surface area contributed by atoms with Crippen LogP contribution in [0.25, 0.3) is 5.13 Å². The molecule has 2 heterocycles. The molecule has 1 fully saturated rings. The van der Waals surface area contributed by atoms with Crippen molar-refractivity contribution in [2.24, 2.45) is 0 Å². The number of rotatable bonds is 2. The number of nitrogens with one attached hydrogen (secondary N) is 1. The van der Waals surface area contributed by atoms with Crippen molar-refractivity contribution in [2.45, 2.75) is 18.8 Å². The zero-order valence-corrected chi connectivity index (χ0v) is 8.25. The molecule has 0 spiro atoms. The first-order valence-corrected chi connectivity index (χ1v) is 5.44. The van der Waals surface area contributed by atoms with Crippen LogP contribution in [0.4, 0.5) is 0 Å². The summed E-state index contributed by atoms with van der Waals surface area (Å²) in [5.41, 5.74) is 1.01. The van der Waals surface area contributed by atoms with Gasteiger partial charge < -0.3 is 4.98 Å². The van der Waals surface area contributed by atoms with Crippen molar-refractivity contribution in [1.29, 1.82) is 0 Å². The van der Waals surface area contributed by atoms with Gasteiger partial charge in [0.15, 0.2) is 5.13 Å². The molecule has 2 aromatic rings. The van der Waals surface area contributed by atoms with E-state index in [2.05, 4.69) is 9.97 Å². The van der Waals surface area contributed by atoms with Gasteiger partial charge in [-0.05, 0) is 12.8 Å². The molecule has 0 radical (unpaired) electrons. The minimum atomic E-state index is -0.123. The van der Waals surface area contributed by atoms with E-state index >= 15 is 0 Å². The first-order valence-electron chi connectivity index (χ1n) is 4.56. The van der Waals surface area contributed by atoms with Crippen molar-refractivity contribution in [2.75, 3.05) is 0 Å². The van der Waals surface area contributed by atoms with Gasteiger partial charge in [-0.15, -0.1) is 11.3 Å². The Morgan fingerprint density at radius 2 is 2.43 bits per heavy atom. The Morgan fingerprint density at radius 1 is 1.57 bits per heavy atom. The third kappa shape index (κ3) is 1.21. The van der Waals surface area contributed by atoms with E-state index in [-0.39, 0.29) is 5.69 Å². The summed E-state index contributed by atoms with van der Waals surface area (Å²) in [6, 6.07) is 0. The van der Waals surface area contributed by atoms with E-state index in [1.54, 1.807) is 12.4 Å². The summed E-state index contributed by atoms with van der Waals surface area (Å²) < 4.78 is 1.54. The van der Waals surface area contributed by atoms with Gasteiger partial charge in [0.05, 0.1) is 5.69 Å². The molecule has 4 nitrogen and oxygen atoms in total. The molecule has 72 valence electrons. The lowest BCUT2D eigenvalue weighted by Crippen LogP contribution is -2.13. The number of aromatic nitrogens is 3. The Balaban J connectivity index is 2.04. The van der Waals surface area contributed by atoms with Gasteiger partial charge in [-0.25, -0.2) is 14.3 Å². The van der Waals surface area contributed by atoms with Gasteiger partial charge in [0.25, 0.3) is 0 Å². The van der Waals surface area contributed by atoms with Gasteiger partial charge >= 0.3 is 5.69 Å². The Kier molecular flexibility index (Phi) is 1.61. The van der Waals surface area contributed by atoms with Gasteiger partial charge in [-0.3, -0.25) is 0 Å². The molecule has 0 atom stereocenters. The Labute approximate surface area is 84.2 Å². The number of nitrogens with zero attached hydrogens (tertiary/aromatic N) is 2. The van der Waals surface area contributed by atoms with Crippen molar-refractivity contribution < 1.29 is 0 Å². The topological polar surface area (TPSA) is 50.7 Å². The maximum absolute atomic E-state index is 11.3. The smallest absolute Gasteiger partial charge is 0.312 e. The lowest BCUT2D eigenvalue weighted by Gasteiger charge is -1.91. The summed E-state index contributed by atoms with van der Waals surface area (Å²) in [4.78, 5) is 18.3. The Hall–Kier alpha value is -1.36. The highest BCUT2D eigenvalue weighted by Gasteiger charge is 2.26. The minimum absolute atomic E-state index is 0.123. The van der Waals surface area contributed by atoms with Crippen molar-refractivity contribution in [1.82, 2.24) is 14.5 Å². The van der Waals surface area contributed by atoms with Crippen LogP contribution in [-0.2, 0) is 0 Å². The number of thiazole rings is 1. The summed E-state index contributed by atoms with van der Waals surface area (Å²) in [6.45, 7) is 0. The molecule has 1 aliphatic carbocycles. The Bertz CT molecular complexity index is 506. The normalized spacial score (nSPS) is 16.0. The molecule has 0 aromatic carbocycles. The van der Waals surface area contributed by atoms with Crippen LogP contribution in [0.2, 0.25) is 0 Å². The molecule has 1 N–H and O–H groups in total. The van der Waals surface area contributed by atoms with E-state index in [4.69, 9.17) is 0 Å². The number of H-pyrrole nitrogens is 1. The van der Waals surface area contributed by atoms with E-state index in [0.29, 0.717) is 5.92 Å². The van der Waals surface area contributed by atoms with Crippen LogP contribution in [-0.4, -0.2) is 14.5 Å². The molecule has 14 heavy (non-hydrogen) atoms. The van der Waals surface area contributed by atoms with Crippen molar-refractivity contribution in [3.8, 4) is 5.13 Å². The van der Waals surface area contributed by atoms with E-state index in [1.165, 1.54) is 28.7 Å². The number of aromatic amines is 1. The third-order valence-electron chi connectivity index (χ3n) is 2.36. The molecule has 0 amide bonds. The second-order valence-electron chi connectivity index (χ2n) is 3.46. The molecule has 1 aliphatic rings. The quantitative estimate of drug-likeness (QED) is 0.811. The highest BCUT2D eigenvalue weighted by atomic mass is 32.1. The van der Waals surface area contributed by atoms with Gasteiger partial charge in [-0.1, -0.05) is 0 Å².